The zero-order valence-corrected chi connectivity index (χ0v) is 10.7. The maximum absolute atomic E-state index is 11.8. The molecule has 94 valence electrons. The van der Waals surface area contributed by atoms with Gasteiger partial charge in [-0.3, -0.25) is 4.79 Å². The minimum atomic E-state index is 0.220. The second-order valence-corrected chi connectivity index (χ2v) is 4.70. The molecule has 0 aromatic rings. The number of nitrogens with one attached hydrogen (secondary N) is 1. The van der Waals surface area contributed by atoms with Crippen LogP contribution in [0, 0.1) is 5.92 Å². The molecule has 0 radical (unpaired) electrons. The summed E-state index contributed by atoms with van der Waals surface area (Å²) in [4.78, 5) is 13.7. The van der Waals surface area contributed by atoms with E-state index < -0.39 is 0 Å². The quantitative estimate of drug-likeness (QED) is 0.759. The van der Waals surface area contributed by atoms with Gasteiger partial charge in [-0.2, -0.15) is 0 Å². The third kappa shape index (κ3) is 4.49. The number of rotatable bonds is 5. The van der Waals surface area contributed by atoms with Crippen LogP contribution in [0.15, 0.2) is 0 Å². The molecule has 1 aliphatic heterocycles. The van der Waals surface area contributed by atoms with Crippen molar-refractivity contribution in [3.63, 3.8) is 0 Å². The molecule has 0 spiro atoms. The van der Waals surface area contributed by atoms with Crippen molar-refractivity contribution in [3.8, 4) is 0 Å². The van der Waals surface area contributed by atoms with Crippen LogP contribution in [0.1, 0.15) is 27.2 Å². The van der Waals surface area contributed by atoms with E-state index in [0.717, 1.165) is 26.2 Å². The molecular weight excluding hydrogens is 204 g/mol. The number of piperazine rings is 1. The van der Waals surface area contributed by atoms with Crippen LogP contribution < -0.4 is 5.32 Å². The first-order valence-electron chi connectivity index (χ1n) is 6.21. The minimum absolute atomic E-state index is 0.220. The molecule has 0 aliphatic carbocycles. The van der Waals surface area contributed by atoms with Crippen LogP contribution in [0.4, 0.5) is 0 Å². The Labute approximate surface area is 98.3 Å². The van der Waals surface area contributed by atoms with Crippen LogP contribution in [0.5, 0.6) is 0 Å². The Morgan fingerprint density at radius 1 is 1.31 bits per heavy atom. The summed E-state index contributed by atoms with van der Waals surface area (Å²) in [6.45, 7) is 10.3. The molecule has 0 aromatic heterocycles. The third-order valence-electron chi connectivity index (χ3n) is 3.11. The fourth-order valence-electron chi connectivity index (χ4n) is 1.60. The predicted octanol–water partition coefficient (Wildman–Crippen LogP) is 0.869. The van der Waals surface area contributed by atoms with Gasteiger partial charge in [0.05, 0.1) is 19.1 Å². The molecule has 0 bridgehead atoms. The van der Waals surface area contributed by atoms with E-state index in [9.17, 15) is 4.79 Å². The molecule has 1 heterocycles. The summed E-state index contributed by atoms with van der Waals surface area (Å²) in [6.07, 6.45) is 0.743. The van der Waals surface area contributed by atoms with Gasteiger partial charge in [0.25, 0.3) is 0 Å². The van der Waals surface area contributed by atoms with E-state index in [1.165, 1.54) is 0 Å². The molecule has 0 aromatic carbocycles. The molecular formula is C12H24N2O2. The summed E-state index contributed by atoms with van der Waals surface area (Å²) in [5, 5.41) is 3.23. The summed E-state index contributed by atoms with van der Waals surface area (Å²) < 4.78 is 5.60. The predicted molar refractivity (Wildman–Crippen MR) is 64.3 cm³/mol. The van der Waals surface area contributed by atoms with E-state index in [1.54, 1.807) is 0 Å². The fraction of sp³-hybridized carbons (Fsp3) is 0.917. The van der Waals surface area contributed by atoms with Gasteiger partial charge < -0.3 is 15.0 Å². The first-order chi connectivity index (χ1) is 7.61. The van der Waals surface area contributed by atoms with Crippen LogP contribution in [0.3, 0.4) is 0 Å². The van der Waals surface area contributed by atoms with Crippen molar-refractivity contribution < 1.29 is 9.53 Å². The maximum atomic E-state index is 11.8. The number of hydrogen-bond donors (Lipinski definition) is 1. The summed E-state index contributed by atoms with van der Waals surface area (Å²) in [7, 11) is 0. The van der Waals surface area contributed by atoms with Crippen molar-refractivity contribution in [2.75, 3.05) is 32.8 Å². The second kappa shape index (κ2) is 6.86. The van der Waals surface area contributed by atoms with Gasteiger partial charge in [-0.25, -0.2) is 0 Å². The SMILES string of the molecule is CC(C)C(C)OCCC(=O)N1CCNCC1. The molecule has 16 heavy (non-hydrogen) atoms. The van der Waals surface area contributed by atoms with Crippen LogP contribution in [0.25, 0.3) is 0 Å². The van der Waals surface area contributed by atoms with Crippen molar-refractivity contribution in [1.82, 2.24) is 10.2 Å². The molecule has 1 atom stereocenters. The second-order valence-electron chi connectivity index (χ2n) is 4.70. The molecule has 4 heteroatoms. The first kappa shape index (κ1) is 13.5. The Morgan fingerprint density at radius 3 is 2.50 bits per heavy atom. The number of carbonyl (C=O) groups excluding carboxylic acids is 1. The third-order valence-corrected chi connectivity index (χ3v) is 3.11. The molecule has 1 unspecified atom stereocenters. The van der Waals surface area contributed by atoms with E-state index in [1.807, 2.05) is 4.90 Å². The Hall–Kier alpha value is -0.610. The average Bonchev–Trinajstić information content (AvgIpc) is 2.29. The standard InChI is InChI=1S/C12H24N2O2/c1-10(2)11(3)16-9-4-12(15)14-7-5-13-6-8-14/h10-11,13H,4-9H2,1-3H3. The Balaban J connectivity index is 2.14. The summed E-state index contributed by atoms with van der Waals surface area (Å²) >= 11 is 0. The molecule has 1 rings (SSSR count). The lowest BCUT2D eigenvalue weighted by Gasteiger charge is -2.27. The smallest absolute Gasteiger partial charge is 0.224 e. The number of amides is 1. The van der Waals surface area contributed by atoms with E-state index in [2.05, 4.69) is 26.1 Å². The van der Waals surface area contributed by atoms with E-state index in [-0.39, 0.29) is 12.0 Å². The Kier molecular flexibility index (Phi) is 5.77. The van der Waals surface area contributed by atoms with Gasteiger partial charge in [0, 0.05) is 26.2 Å². The Bertz CT molecular complexity index is 213. The van der Waals surface area contributed by atoms with Crippen LogP contribution in [-0.2, 0) is 9.53 Å². The van der Waals surface area contributed by atoms with Crippen molar-refractivity contribution >= 4 is 5.91 Å². The van der Waals surface area contributed by atoms with Crippen molar-refractivity contribution in [3.05, 3.63) is 0 Å². The molecule has 4 nitrogen and oxygen atoms in total. The van der Waals surface area contributed by atoms with Gasteiger partial charge in [-0.15, -0.1) is 0 Å². The highest BCUT2D eigenvalue weighted by Crippen LogP contribution is 2.06. The van der Waals surface area contributed by atoms with E-state index in [4.69, 9.17) is 4.74 Å². The molecule has 1 aliphatic rings. The van der Waals surface area contributed by atoms with Crippen LogP contribution >= 0.6 is 0 Å². The normalized spacial score (nSPS) is 18.9. The monoisotopic (exact) mass is 228 g/mol. The molecule has 1 amide bonds. The van der Waals surface area contributed by atoms with E-state index >= 15 is 0 Å². The van der Waals surface area contributed by atoms with Crippen molar-refractivity contribution in [2.24, 2.45) is 5.92 Å². The van der Waals surface area contributed by atoms with Gasteiger partial charge in [0.15, 0.2) is 0 Å². The number of nitrogens with zero attached hydrogens (tertiary/aromatic N) is 1. The van der Waals surface area contributed by atoms with Crippen molar-refractivity contribution in [1.29, 1.82) is 0 Å². The molecule has 1 saturated heterocycles. The molecule has 0 saturated carbocycles. The fourth-order valence-corrected chi connectivity index (χ4v) is 1.60. The first-order valence-corrected chi connectivity index (χ1v) is 6.21. The largest absolute Gasteiger partial charge is 0.378 e. The zero-order valence-electron chi connectivity index (χ0n) is 10.7. The van der Waals surface area contributed by atoms with Gasteiger partial charge >= 0.3 is 0 Å². The number of carbonyl (C=O) groups is 1. The van der Waals surface area contributed by atoms with Crippen LogP contribution in [0.2, 0.25) is 0 Å². The molecule has 1 N–H and O–H groups in total. The maximum Gasteiger partial charge on any atom is 0.224 e. The van der Waals surface area contributed by atoms with Gasteiger partial charge in [0.1, 0.15) is 0 Å². The summed E-state index contributed by atoms with van der Waals surface area (Å²) in [5.41, 5.74) is 0. The number of ether oxygens (including phenoxy) is 1. The van der Waals surface area contributed by atoms with Crippen LogP contribution in [-0.4, -0.2) is 49.7 Å². The lowest BCUT2D eigenvalue weighted by atomic mass is 10.1. The average molecular weight is 228 g/mol. The summed E-state index contributed by atoms with van der Waals surface area (Å²) in [5.74, 6) is 0.728. The molecule has 1 fully saturated rings. The summed E-state index contributed by atoms with van der Waals surface area (Å²) in [6, 6.07) is 0. The number of hydrogen-bond acceptors (Lipinski definition) is 3. The topological polar surface area (TPSA) is 41.6 Å². The lowest BCUT2D eigenvalue weighted by Crippen LogP contribution is -2.46. The zero-order chi connectivity index (χ0) is 12.0. The highest BCUT2D eigenvalue weighted by Gasteiger charge is 2.16. The van der Waals surface area contributed by atoms with E-state index in [0.29, 0.717) is 18.9 Å². The minimum Gasteiger partial charge on any atom is -0.378 e. The van der Waals surface area contributed by atoms with Gasteiger partial charge in [-0.1, -0.05) is 13.8 Å². The highest BCUT2D eigenvalue weighted by molar-refractivity contribution is 5.76. The Morgan fingerprint density at radius 2 is 1.94 bits per heavy atom. The van der Waals surface area contributed by atoms with Gasteiger partial charge in [0.2, 0.25) is 5.91 Å². The highest BCUT2D eigenvalue weighted by atomic mass is 16.5. The van der Waals surface area contributed by atoms with Crippen molar-refractivity contribution in [2.45, 2.75) is 33.3 Å². The lowest BCUT2D eigenvalue weighted by molar-refractivity contribution is -0.133. The van der Waals surface area contributed by atoms with Gasteiger partial charge in [-0.05, 0) is 12.8 Å².